The second-order valence-electron chi connectivity index (χ2n) is 10.0. The number of unbranched alkanes of at least 4 members (excludes halogenated alkanes) is 4. The third-order valence-corrected chi connectivity index (χ3v) is 7.22. The predicted molar refractivity (Wildman–Crippen MR) is 155 cm³/mol. The topological polar surface area (TPSA) is 53.1 Å². The third-order valence-electron chi connectivity index (χ3n) is 7.22. The molecular weight excluding hydrogens is 474 g/mol. The first-order valence-electron chi connectivity index (χ1n) is 14.2. The Morgan fingerprint density at radius 2 is 1.63 bits per heavy atom. The quantitative estimate of drug-likeness (QED) is 0.300. The molecule has 2 aromatic rings. The molecule has 0 aliphatic carbocycles. The highest BCUT2D eigenvalue weighted by molar-refractivity contribution is 5.79. The number of ether oxygens (including phenoxy) is 1. The number of amides is 2. The number of carbonyl (C=O) groups is 2. The van der Waals surface area contributed by atoms with Gasteiger partial charge in [-0.15, -0.1) is 0 Å². The number of para-hydroxylation sites is 1. The minimum atomic E-state index is 0.123. The lowest BCUT2D eigenvalue weighted by Crippen LogP contribution is -2.50. The molecule has 2 aromatic carbocycles. The summed E-state index contributed by atoms with van der Waals surface area (Å²) in [4.78, 5) is 32.2. The molecule has 1 aliphatic heterocycles. The molecule has 1 saturated heterocycles. The average Bonchev–Trinajstić information content (AvgIpc) is 2.95. The highest BCUT2D eigenvalue weighted by Crippen LogP contribution is 2.18. The van der Waals surface area contributed by atoms with Gasteiger partial charge >= 0.3 is 0 Å². The molecule has 6 heteroatoms. The van der Waals surface area contributed by atoms with E-state index in [-0.39, 0.29) is 5.91 Å². The molecule has 3 rings (SSSR count). The first kappa shape index (κ1) is 29.4. The second-order valence-corrected chi connectivity index (χ2v) is 10.0. The Hall–Kier alpha value is -3.12. The van der Waals surface area contributed by atoms with Gasteiger partial charge in [-0.3, -0.25) is 14.5 Å². The molecule has 0 radical (unpaired) electrons. The van der Waals surface area contributed by atoms with Crippen molar-refractivity contribution < 1.29 is 14.3 Å². The van der Waals surface area contributed by atoms with Crippen molar-refractivity contribution in [1.82, 2.24) is 14.7 Å². The molecule has 1 fully saturated rings. The zero-order valence-electron chi connectivity index (χ0n) is 23.3. The van der Waals surface area contributed by atoms with E-state index in [0.29, 0.717) is 31.8 Å². The fraction of sp³-hybridized carbons (Fsp3) is 0.500. The second kappa shape index (κ2) is 16.7. The monoisotopic (exact) mass is 519 g/mol. The maximum Gasteiger partial charge on any atom is 0.227 e. The summed E-state index contributed by atoms with van der Waals surface area (Å²) >= 11 is 0. The molecule has 0 spiro atoms. The summed E-state index contributed by atoms with van der Waals surface area (Å²) in [7, 11) is 1.67. The van der Waals surface area contributed by atoms with Gasteiger partial charge in [0.25, 0.3) is 0 Å². The van der Waals surface area contributed by atoms with E-state index in [1.54, 1.807) is 7.11 Å². The number of benzene rings is 2. The van der Waals surface area contributed by atoms with Crippen LogP contribution in [0.4, 0.5) is 0 Å². The van der Waals surface area contributed by atoms with E-state index in [2.05, 4.69) is 11.8 Å². The molecule has 0 saturated carbocycles. The standard InChI is InChI=1S/C32H45N3O3/c1-3-4-5-6-10-19-31(36)35-25-22-33(23-26-35)21-24-34(32(37)27-28-14-8-7-9-15-28)20-13-17-29-16-11-12-18-30(29)38-2/h7-9,11-18H,3-6,10,19-27H2,1-2H3/b17-13+. The number of hydrogen-bond donors (Lipinski definition) is 0. The summed E-state index contributed by atoms with van der Waals surface area (Å²) in [6.45, 7) is 7.50. The van der Waals surface area contributed by atoms with E-state index in [1.165, 1.54) is 19.3 Å². The highest BCUT2D eigenvalue weighted by Gasteiger charge is 2.22. The molecule has 0 aromatic heterocycles. The normalized spacial score (nSPS) is 14.1. The lowest BCUT2D eigenvalue weighted by atomic mass is 10.1. The highest BCUT2D eigenvalue weighted by atomic mass is 16.5. The molecule has 0 unspecified atom stereocenters. The molecule has 6 nitrogen and oxygen atoms in total. The summed E-state index contributed by atoms with van der Waals surface area (Å²) in [5.74, 6) is 1.24. The molecular formula is C32H45N3O3. The van der Waals surface area contributed by atoms with Crippen LogP contribution < -0.4 is 4.74 Å². The van der Waals surface area contributed by atoms with Crippen molar-refractivity contribution >= 4 is 17.9 Å². The molecule has 0 atom stereocenters. The number of nitrogens with zero attached hydrogens (tertiary/aromatic N) is 3. The molecule has 1 heterocycles. The van der Waals surface area contributed by atoms with Crippen molar-refractivity contribution in [2.24, 2.45) is 0 Å². The van der Waals surface area contributed by atoms with E-state index >= 15 is 0 Å². The van der Waals surface area contributed by atoms with Crippen LogP contribution in [0.15, 0.2) is 60.7 Å². The predicted octanol–water partition coefficient (Wildman–Crippen LogP) is 5.28. The maximum atomic E-state index is 13.3. The molecule has 0 N–H and O–H groups in total. The van der Waals surface area contributed by atoms with E-state index in [1.807, 2.05) is 76.5 Å². The van der Waals surface area contributed by atoms with Gasteiger partial charge in [0.05, 0.1) is 13.5 Å². The number of methoxy groups -OCH3 is 1. The van der Waals surface area contributed by atoms with Crippen LogP contribution in [0, 0.1) is 0 Å². The van der Waals surface area contributed by atoms with Crippen LogP contribution in [0.2, 0.25) is 0 Å². The number of piperazine rings is 1. The fourth-order valence-electron chi connectivity index (χ4n) is 4.83. The molecule has 38 heavy (non-hydrogen) atoms. The summed E-state index contributed by atoms with van der Waals surface area (Å²) in [5.41, 5.74) is 2.02. The van der Waals surface area contributed by atoms with Crippen LogP contribution in [-0.2, 0) is 16.0 Å². The van der Waals surface area contributed by atoms with E-state index < -0.39 is 0 Å². The van der Waals surface area contributed by atoms with Crippen molar-refractivity contribution in [3.8, 4) is 5.75 Å². The Labute approximate surface area is 229 Å². The lowest BCUT2D eigenvalue weighted by molar-refractivity contribution is -0.133. The van der Waals surface area contributed by atoms with E-state index in [4.69, 9.17) is 4.74 Å². The van der Waals surface area contributed by atoms with Gasteiger partial charge in [0.2, 0.25) is 11.8 Å². The number of carbonyl (C=O) groups excluding carboxylic acids is 2. The van der Waals surface area contributed by atoms with Crippen molar-refractivity contribution in [3.63, 3.8) is 0 Å². The van der Waals surface area contributed by atoms with Gasteiger partial charge in [-0.1, -0.05) is 93.3 Å². The smallest absolute Gasteiger partial charge is 0.227 e. The maximum absolute atomic E-state index is 13.3. The number of rotatable bonds is 15. The van der Waals surface area contributed by atoms with Gasteiger partial charge in [0, 0.05) is 57.8 Å². The van der Waals surface area contributed by atoms with Crippen LogP contribution >= 0.6 is 0 Å². The SMILES string of the molecule is CCCCCCCC(=O)N1CCN(CCN(C/C=C/c2ccccc2OC)C(=O)Cc2ccccc2)CC1. The van der Waals surface area contributed by atoms with Gasteiger partial charge in [-0.05, 0) is 18.1 Å². The Kier molecular flexibility index (Phi) is 12.9. The summed E-state index contributed by atoms with van der Waals surface area (Å²) in [6, 6.07) is 17.8. The molecule has 2 amide bonds. The van der Waals surface area contributed by atoms with Crippen LogP contribution in [0.1, 0.15) is 56.6 Å². The van der Waals surface area contributed by atoms with Crippen molar-refractivity contribution in [3.05, 3.63) is 71.8 Å². The number of hydrogen-bond acceptors (Lipinski definition) is 4. The van der Waals surface area contributed by atoms with Crippen LogP contribution in [0.3, 0.4) is 0 Å². The minimum Gasteiger partial charge on any atom is -0.496 e. The van der Waals surface area contributed by atoms with E-state index in [0.717, 1.165) is 62.4 Å². The first-order valence-corrected chi connectivity index (χ1v) is 14.2. The fourth-order valence-corrected chi connectivity index (χ4v) is 4.83. The third kappa shape index (κ3) is 9.97. The Morgan fingerprint density at radius 3 is 2.37 bits per heavy atom. The molecule has 0 bridgehead atoms. The summed E-state index contributed by atoms with van der Waals surface area (Å²) in [6.07, 6.45) is 11.0. The summed E-state index contributed by atoms with van der Waals surface area (Å²) in [5, 5.41) is 0. The lowest BCUT2D eigenvalue weighted by Gasteiger charge is -2.36. The van der Waals surface area contributed by atoms with Gasteiger partial charge in [-0.2, -0.15) is 0 Å². The molecule has 206 valence electrons. The Morgan fingerprint density at radius 1 is 0.921 bits per heavy atom. The van der Waals surface area contributed by atoms with E-state index in [9.17, 15) is 9.59 Å². The van der Waals surface area contributed by atoms with Crippen molar-refractivity contribution in [2.75, 3.05) is 52.9 Å². The molecule has 1 aliphatic rings. The van der Waals surface area contributed by atoms with Crippen LogP contribution in [-0.4, -0.2) is 79.4 Å². The zero-order valence-corrected chi connectivity index (χ0v) is 23.3. The average molecular weight is 520 g/mol. The van der Waals surface area contributed by atoms with Crippen LogP contribution in [0.5, 0.6) is 5.75 Å². The Bertz CT molecular complexity index is 1000. The van der Waals surface area contributed by atoms with Crippen molar-refractivity contribution in [1.29, 1.82) is 0 Å². The largest absolute Gasteiger partial charge is 0.496 e. The first-order chi connectivity index (χ1) is 18.6. The summed E-state index contributed by atoms with van der Waals surface area (Å²) < 4.78 is 5.45. The van der Waals surface area contributed by atoms with Gasteiger partial charge in [-0.25, -0.2) is 0 Å². The van der Waals surface area contributed by atoms with Crippen molar-refractivity contribution in [2.45, 2.75) is 51.9 Å². The zero-order chi connectivity index (χ0) is 27.0. The minimum absolute atomic E-state index is 0.123. The van der Waals surface area contributed by atoms with Crippen LogP contribution in [0.25, 0.3) is 6.08 Å². The van der Waals surface area contributed by atoms with Gasteiger partial charge in [0.1, 0.15) is 5.75 Å². The Balaban J connectivity index is 1.51. The van der Waals surface area contributed by atoms with Gasteiger partial charge < -0.3 is 14.5 Å². The van der Waals surface area contributed by atoms with Gasteiger partial charge in [0.15, 0.2) is 0 Å².